The SMILES string of the molecule is O=C([O-])c1ccccc1C(=O)N1CCN(S(=O)(=O)c2ccccc2)CC1. The second-order valence-electron chi connectivity index (χ2n) is 5.84. The molecule has 0 radical (unpaired) electrons. The van der Waals surface area contributed by atoms with Crippen molar-refractivity contribution in [3.05, 3.63) is 65.7 Å². The first-order valence-electron chi connectivity index (χ1n) is 8.06. The lowest BCUT2D eigenvalue weighted by Crippen LogP contribution is -2.50. The summed E-state index contributed by atoms with van der Waals surface area (Å²) in [4.78, 5) is 25.5. The highest BCUT2D eigenvalue weighted by molar-refractivity contribution is 7.89. The summed E-state index contributed by atoms with van der Waals surface area (Å²) in [6, 6.07) is 14.0. The van der Waals surface area contributed by atoms with Crippen molar-refractivity contribution in [3.8, 4) is 0 Å². The Morgan fingerprint density at radius 3 is 1.92 bits per heavy atom. The van der Waals surface area contributed by atoms with Gasteiger partial charge in [-0.15, -0.1) is 0 Å². The van der Waals surface area contributed by atoms with Crippen molar-refractivity contribution >= 4 is 21.9 Å². The Bertz CT molecular complexity index is 920. The Morgan fingerprint density at radius 1 is 0.808 bits per heavy atom. The Labute approximate surface area is 151 Å². The van der Waals surface area contributed by atoms with E-state index in [1.807, 2.05) is 0 Å². The number of carboxylic acid groups (broad SMARTS) is 1. The van der Waals surface area contributed by atoms with Gasteiger partial charge in [-0.3, -0.25) is 4.79 Å². The number of rotatable bonds is 4. The molecule has 3 rings (SSSR count). The molecule has 7 nitrogen and oxygen atoms in total. The van der Waals surface area contributed by atoms with Crippen molar-refractivity contribution in [2.45, 2.75) is 4.90 Å². The fourth-order valence-electron chi connectivity index (χ4n) is 2.89. The Morgan fingerprint density at radius 2 is 1.35 bits per heavy atom. The molecule has 0 atom stereocenters. The lowest BCUT2D eigenvalue weighted by Gasteiger charge is -2.34. The number of amides is 1. The predicted molar refractivity (Wildman–Crippen MR) is 91.9 cm³/mol. The van der Waals surface area contributed by atoms with E-state index >= 15 is 0 Å². The monoisotopic (exact) mass is 373 g/mol. The number of hydrogen-bond donors (Lipinski definition) is 0. The van der Waals surface area contributed by atoms with Gasteiger partial charge in [-0.05, 0) is 18.2 Å². The third-order valence-electron chi connectivity index (χ3n) is 4.28. The molecule has 1 fully saturated rings. The van der Waals surface area contributed by atoms with Crippen LogP contribution in [0, 0.1) is 0 Å². The number of sulfonamides is 1. The van der Waals surface area contributed by atoms with Crippen LogP contribution in [0.1, 0.15) is 20.7 Å². The second kappa shape index (κ2) is 7.27. The standard InChI is InChI=1S/C18H18N2O5S/c21-17(15-8-4-5-9-16(15)18(22)23)19-10-12-20(13-11-19)26(24,25)14-6-2-1-3-7-14/h1-9H,10-13H2,(H,22,23)/p-1. The highest BCUT2D eigenvalue weighted by atomic mass is 32.2. The first-order chi connectivity index (χ1) is 12.4. The van der Waals surface area contributed by atoms with Crippen molar-refractivity contribution in [1.82, 2.24) is 9.21 Å². The minimum atomic E-state index is -3.61. The van der Waals surface area contributed by atoms with Crippen LogP contribution < -0.4 is 5.11 Å². The zero-order valence-corrected chi connectivity index (χ0v) is 14.7. The van der Waals surface area contributed by atoms with Gasteiger partial charge >= 0.3 is 0 Å². The average molecular weight is 373 g/mol. The van der Waals surface area contributed by atoms with Gasteiger partial charge in [0.1, 0.15) is 0 Å². The van der Waals surface area contributed by atoms with E-state index in [0.29, 0.717) is 0 Å². The summed E-state index contributed by atoms with van der Waals surface area (Å²) in [5.74, 6) is -1.86. The first-order valence-corrected chi connectivity index (χ1v) is 9.50. The summed E-state index contributed by atoms with van der Waals surface area (Å²) >= 11 is 0. The molecule has 1 heterocycles. The number of nitrogens with zero attached hydrogens (tertiary/aromatic N) is 2. The molecule has 1 saturated heterocycles. The van der Waals surface area contributed by atoms with Gasteiger partial charge in [0.05, 0.1) is 10.9 Å². The molecular formula is C18H17N2O5S-. The number of hydrogen-bond acceptors (Lipinski definition) is 5. The molecule has 0 saturated carbocycles. The van der Waals surface area contributed by atoms with Crippen molar-refractivity contribution < 1.29 is 23.1 Å². The summed E-state index contributed by atoms with van der Waals surface area (Å²) in [5.41, 5.74) is -0.122. The van der Waals surface area contributed by atoms with E-state index < -0.39 is 21.9 Å². The molecule has 8 heteroatoms. The van der Waals surface area contributed by atoms with Crippen LogP contribution in [0.4, 0.5) is 0 Å². The largest absolute Gasteiger partial charge is 0.545 e. The fourth-order valence-corrected chi connectivity index (χ4v) is 4.33. The van der Waals surface area contributed by atoms with Crippen LogP contribution in [0.5, 0.6) is 0 Å². The Balaban J connectivity index is 1.73. The minimum Gasteiger partial charge on any atom is -0.545 e. The summed E-state index contributed by atoms with van der Waals surface area (Å²) in [7, 11) is -3.61. The van der Waals surface area contributed by atoms with E-state index in [-0.39, 0.29) is 42.2 Å². The van der Waals surface area contributed by atoms with Gasteiger partial charge in [-0.1, -0.05) is 36.4 Å². The highest BCUT2D eigenvalue weighted by Gasteiger charge is 2.30. The van der Waals surface area contributed by atoms with Crippen LogP contribution in [0.15, 0.2) is 59.5 Å². The van der Waals surface area contributed by atoms with Crippen LogP contribution in [-0.4, -0.2) is 55.7 Å². The molecule has 1 aliphatic heterocycles. The van der Waals surface area contributed by atoms with Gasteiger partial charge in [0, 0.05) is 37.3 Å². The van der Waals surface area contributed by atoms with Crippen molar-refractivity contribution in [2.24, 2.45) is 0 Å². The maximum absolute atomic E-state index is 12.6. The van der Waals surface area contributed by atoms with E-state index in [1.165, 1.54) is 39.5 Å². The molecule has 1 amide bonds. The minimum absolute atomic E-state index is 0.0480. The average Bonchev–Trinajstić information content (AvgIpc) is 2.68. The number of carbonyl (C=O) groups is 2. The zero-order chi connectivity index (χ0) is 18.7. The summed E-state index contributed by atoms with van der Waals surface area (Å²) in [5, 5.41) is 11.2. The third kappa shape index (κ3) is 3.47. The molecule has 1 aliphatic rings. The molecule has 0 spiro atoms. The molecule has 0 N–H and O–H groups in total. The first kappa shape index (κ1) is 18.1. The van der Waals surface area contributed by atoms with E-state index in [2.05, 4.69) is 0 Å². The quantitative estimate of drug-likeness (QED) is 0.762. The van der Waals surface area contributed by atoms with Gasteiger partial charge in [0.2, 0.25) is 10.0 Å². The van der Waals surface area contributed by atoms with Crippen molar-refractivity contribution in [1.29, 1.82) is 0 Å². The smallest absolute Gasteiger partial charge is 0.254 e. The third-order valence-corrected chi connectivity index (χ3v) is 6.20. The van der Waals surface area contributed by atoms with Crippen LogP contribution in [0.25, 0.3) is 0 Å². The Hall–Kier alpha value is -2.71. The van der Waals surface area contributed by atoms with Crippen molar-refractivity contribution in [2.75, 3.05) is 26.2 Å². The summed E-state index contributed by atoms with van der Waals surface area (Å²) in [6.45, 7) is 0.672. The summed E-state index contributed by atoms with van der Waals surface area (Å²) in [6.07, 6.45) is 0. The normalized spacial score (nSPS) is 15.6. The van der Waals surface area contributed by atoms with Gasteiger partial charge in [-0.25, -0.2) is 8.42 Å². The van der Waals surface area contributed by atoms with E-state index in [9.17, 15) is 23.1 Å². The number of aromatic carboxylic acids is 1. The predicted octanol–water partition coefficient (Wildman–Crippen LogP) is 0.197. The van der Waals surface area contributed by atoms with Crippen LogP contribution >= 0.6 is 0 Å². The number of piperazine rings is 1. The number of carboxylic acids is 1. The topological polar surface area (TPSA) is 97.8 Å². The molecule has 136 valence electrons. The zero-order valence-electron chi connectivity index (χ0n) is 13.9. The van der Waals surface area contributed by atoms with Gasteiger partial charge in [0.15, 0.2) is 0 Å². The molecule has 26 heavy (non-hydrogen) atoms. The maximum atomic E-state index is 12.6. The van der Waals surface area contributed by atoms with Crippen LogP contribution in [0.3, 0.4) is 0 Å². The number of benzene rings is 2. The van der Waals surface area contributed by atoms with Crippen LogP contribution in [-0.2, 0) is 10.0 Å². The number of carbonyl (C=O) groups excluding carboxylic acids is 2. The second-order valence-corrected chi connectivity index (χ2v) is 7.78. The van der Waals surface area contributed by atoms with E-state index in [1.54, 1.807) is 24.3 Å². The van der Waals surface area contributed by atoms with Gasteiger partial charge < -0.3 is 14.8 Å². The Kier molecular flexibility index (Phi) is 5.06. The molecule has 2 aromatic carbocycles. The lowest BCUT2D eigenvalue weighted by molar-refractivity contribution is -0.255. The lowest BCUT2D eigenvalue weighted by atomic mass is 10.1. The van der Waals surface area contributed by atoms with Gasteiger partial charge in [-0.2, -0.15) is 4.31 Å². The van der Waals surface area contributed by atoms with Crippen molar-refractivity contribution in [3.63, 3.8) is 0 Å². The molecule has 0 aliphatic carbocycles. The molecule has 0 bridgehead atoms. The molecule has 0 aromatic heterocycles. The molecule has 2 aromatic rings. The maximum Gasteiger partial charge on any atom is 0.254 e. The van der Waals surface area contributed by atoms with E-state index in [0.717, 1.165) is 0 Å². The van der Waals surface area contributed by atoms with E-state index in [4.69, 9.17) is 0 Å². The highest BCUT2D eigenvalue weighted by Crippen LogP contribution is 2.19. The summed E-state index contributed by atoms with van der Waals surface area (Å²) < 4.78 is 26.6. The van der Waals surface area contributed by atoms with Crippen LogP contribution in [0.2, 0.25) is 0 Å². The molecule has 0 unspecified atom stereocenters. The molecular weight excluding hydrogens is 356 g/mol. The van der Waals surface area contributed by atoms with Gasteiger partial charge in [0.25, 0.3) is 5.91 Å². The fraction of sp³-hybridized carbons (Fsp3) is 0.222.